The lowest BCUT2D eigenvalue weighted by Crippen LogP contribution is -2.26. The van der Waals surface area contributed by atoms with Crippen molar-refractivity contribution in [3.63, 3.8) is 0 Å². The van der Waals surface area contributed by atoms with Gasteiger partial charge in [0.15, 0.2) is 0 Å². The van der Waals surface area contributed by atoms with Crippen LogP contribution in [0.2, 0.25) is 5.02 Å². The van der Waals surface area contributed by atoms with Gasteiger partial charge in [0.05, 0.1) is 10.7 Å². The van der Waals surface area contributed by atoms with Crippen LogP contribution in [0, 0.1) is 6.92 Å². The normalized spacial score (nSPS) is 10.6. The van der Waals surface area contributed by atoms with Crippen LogP contribution in [-0.4, -0.2) is 22.2 Å². The van der Waals surface area contributed by atoms with E-state index in [0.717, 1.165) is 12.8 Å². The van der Waals surface area contributed by atoms with E-state index in [1.54, 1.807) is 14.0 Å². The Bertz CT molecular complexity index is 387. The molecule has 0 aromatic carbocycles. The van der Waals surface area contributed by atoms with Crippen LogP contribution in [0.3, 0.4) is 0 Å². The molecule has 0 aliphatic carbocycles. The Balaban J connectivity index is 2.47. The predicted octanol–water partition coefficient (Wildman–Crippen LogP) is 2.69. The number of hydrogen-bond donors (Lipinski definition) is 1. The highest BCUT2D eigenvalue weighted by Gasteiger charge is 2.17. The summed E-state index contributed by atoms with van der Waals surface area (Å²) in [5.41, 5.74) is 1.13. The van der Waals surface area contributed by atoms with Gasteiger partial charge in [-0.25, -0.2) is 0 Å². The van der Waals surface area contributed by atoms with Crippen molar-refractivity contribution in [1.29, 1.82) is 0 Å². The molecule has 0 radical (unpaired) electrons. The number of nitrogens with zero attached hydrogens (tertiary/aromatic N) is 2. The van der Waals surface area contributed by atoms with Crippen LogP contribution in [0.25, 0.3) is 0 Å². The maximum absolute atomic E-state index is 11.9. The van der Waals surface area contributed by atoms with Crippen LogP contribution in [0.4, 0.5) is 0 Å². The zero-order chi connectivity index (χ0) is 12.8. The molecule has 1 N–H and O–H groups in total. The molecule has 0 unspecified atom stereocenters. The highest BCUT2D eigenvalue weighted by Crippen LogP contribution is 2.18. The summed E-state index contributed by atoms with van der Waals surface area (Å²) in [7, 11) is 1.73. The molecule has 1 aromatic heterocycles. The van der Waals surface area contributed by atoms with Crippen molar-refractivity contribution in [1.82, 2.24) is 15.1 Å². The quantitative estimate of drug-likeness (QED) is 0.797. The Labute approximate surface area is 107 Å². The summed E-state index contributed by atoms with van der Waals surface area (Å²) in [6.07, 6.45) is 4.56. The van der Waals surface area contributed by atoms with E-state index in [4.69, 9.17) is 11.6 Å². The second-order valence-corrected chi connectivity index (χ2v) is 4.57. The molecule has 96 valence electrons. The van der Waals surface area contributed by atoms with Crippen molar-refractivity contribution in [3.8, 4) is 0 Å². The van der Waals surface area contributed by atoms with E-state index in [2.05, 4.69) is 17.3 Å². The molecule has 0 saturated carbocycles. The van der Waals surface area contributed by atoms with Crippen LogP contribution >= 0.6 is 11.6 Å². The standard InChI is InChI=1S/C12H20ClN3O/c1-4-5-6-7-8-14-12(17)11-10(13)9(2)15-16(11)3/h4-8H2,1-3H3,(H,14,17). The molecule has 0 aliphatic rings. The minimum absolute atomic E-state index is 0.144. The van der Waals surface area contributed by atoms with E-state index < -0.39 is 0 Å². The lowest BCUT2D eigenvalue weighted by Gasteiger charge is -2.05. The van der Waals surface area contributed by atoms with Gasteiger partial charge in [-0.3, -0.25) is 9.48 Å². The first-order chi connectivity index (χ1) is 8.07. The maximum atomic E-state index is 11.9. The highest BCUT2D eigenvalue weighted by molar-refractivity contribution is 6.34. The molecule has 5 heteroatoms. The molecule has 0 atom stereocenters. The fourth-order valence-corrected chi connectivity index (χ4v) is 1.96. The van der Waals surface area contributed by atoms with E-state index in [0.29, 0.717) is 23.0 Å². The van der Waals surface area contributed by atoms with Gasteiger partial charge in [0.25, 0.3) is 5.91 Å². The van der Waals surface area contributed by atoms with Crippen molar-refractivity contribution in [3.05, 3.63) is 16.4 Å². The Morgan fingerprint density at radius 1 is 1.41 bits per heavy atom. The fraction of sp³-hybridized carbons (Fsp3) is 0.667. The predicted molar refractivity (Wildman–Crippen MR) is 69.4 cm³/mol. The monoisotopic (exact) mass is 257 g/mol. The van der Waals surface area contributed by atoms with Gasteiger partial charge in [0.1, 0.15) is 5.69 Å². The van der Waals surface area contributed by atoms with Crippen molar-refractivity contribution >= 4 is 17.5 Å². The maximum Gasteiger partial charge on any atom is 0.271 e. The number of aryl methyl sites for hydroxylation is 2. The van der Waals surface area contributed by atoms with Crippen LogP contribution in [0.1, 0.15) is 48.8 Å². The molecule has 0 spiro atoms. The Morgan fingerprint density at radius 3 is 2.65 bits per heavy atom. The topological polar surface area (TPSA) is 46.9 Å². The van der Waals surface area contributed by atoms with Gasteiger partial charge < -0.3 is 5.32 Å². The summed E-state index contributed by atoms with van der Waals surface area (Å²) >= 11 is 6.03. The van der Waals surface area contributed by atoms with Crippen molar-refractivity contribution in [2.45, 2.75) is 39.5 Å². The van der Waals surface area contributed by atoms with Crippen molar-refractivity contribution in [2.24, 2.45) is 7.05 Å². The SMILES string of the molecule is CCCCCCNC(=O)c1c(Cl)c(C)nn1C. The zero-order valence-electron chi connectivity index (χ0n) is 10.7. The van der Waals surface area contributed by atoms with Crippen LogP contribution < -0.4 is 5.32 Å². The summed E-state index contributed by atoms with van der Waals surface area (Å²) in [5.74, 6) is -0.144. The molecular formula is C12H20ClN3O. The lowest BCUT2D eigenvalue weighted by molar-refractivity contribution is 0.0943. The summed E-state index contributed by atoms with van der Waals surface area (Å²) in [4.78, 5) is 11.9. The number of amides is 1. The molecule has 0 bridgehead atoms. The molecule has 0 saturated heterocycles. The summed E-state index contributed by atoms with van der Waals surface area (Å²) in [5, 5.41) is 7.42. The van der Waals surface area contributed by atoms with Gasteiger partial charge in [-0.05, 0) is 13.3 Å². The summed E-state index contributed by atoms with van der Waals surface area (Å²) < 4.78 is 1.53. The van der Waals surface area contributed by atoms with Gasteiger partial charge in [-0.2, -0.15) is 5.10 Å². The van der Waals surface area contributed by atoms with Crippen LogP contribution in [0.15, 0.2) is 0 Å². The Hall–Kier alpha value is -1.03. The van der Waals surface area contributed by atoms with Gasteiger partial charge in [0.2, 0.25) is 0 Å². The van der Waals surface area contributed by atoms with Gasteiger partial charge >= 0.3 is 0 Å². The molecule has 4 nitrogen and oxygen atoms in total. The van der Waals surface area contributed by atoms with Crippen LogP contribution in [-0.2, 0) is 7.05 Å². The number of carbonyl (C=O) groups excluding carboxylic acids is 1. The molecule has 0 fully saturated rings. The first-order valence-electron chi connectivity index (χ1n) is 6.05. The minimum Gasteiger partial charge on any atom is -0.351 e. The number of unbranched alkanes of at least 4 members (excludes halogenated alkanes) is 3. The average Bonchev–Trinajstić information content (AvgIpc) is 2.53. The molecule has 1 amide bonds. The molecular weight excluding hydrogens is 238 g/mol. The molecule has 1 rings (SSSR count). The number of carbonyl (C=O) groups is 1. The number of halogens is 1. The Morgan fingerprint density at radius 2 is 2.12 bits per heavy atom. The lowest BCUT2D eigenvalue weighted by atomic mass is 10.2. The highest BCUT2D eigenvalue weighted by atomic mass is 35.5. The van der Waals surface area contributed by atoms with E-state index in [9.17, 15) is 4.79 Å². The van der Waals surface area contributed by atoms with Crippen molar-refractivity contribution in [2.75, 3.05) is 6.54 Å². The third-order valence-corrected chi connectivity index (χ3v) is 3.13. The van der Waals surface area contributed by atoms with Crippen molar-refractivity contribution < 1.29 is 4.79 Å². The summed E-state index contributed by atoms with van der Waals surface area (Å²) in [6.45, 7) is 4.65. The molecule has 0 aliphatic heterocycles. The van der Waals surface area contributed by atoms with E-state index in [-0.39, 0.29) is 5.91 Å². The first kappa shape index (κ1) is 14.0. The number of nitrogens with one attached hydrogen (secondary N) is 1. The van der Waals surface area contributed by atoms with E-state index in [1.165, 1.54) is 17.5 Å². The fourth-order valence-electron chi connectivity index (χ4n) is 1.72. The molecule has 1 heterocycles. The number of aromatic nitrogens is 2. The number of hydrogen-bond acceptors (Lipinski definition) is 2. The second kappa shape index (κ2) is 6.64. The van der Waals surface area contributed by atoms with Gasteiger partial charge in [0, 0.05) is 13.6 Å². The summed E-state index contributed by atoms with van der Waals surface area (Å²) in [6, 6.07) is 0. The zero-order valence-corrected chi connectivity index (χ0v) is 11.5. The smallest absolute Gasteiger partial charge is 0.271 e. The van der Waals surface area contributed by atoms with Gasteiger partial charge in [-0.1, -0.05) is 37.8 Å². The largest absolute Gasteiger partial charge is 0.351 e. The van der Waals surface area contributed by atoms with E-state index >= 15 is 0 Å². The molecule has 1 aromatic rings. The van der Waals surface area contributed by atoms with Gasteiger partial charge in [-0.15, -0.1) is 0 Å². The van der Waals surface area contributed by atoms with E-state index in [1.807, 2.05) is 0 Å². The third kappa shape index (κ3) is 3.73. The van der Waals surface area contributed by atoms with Crippen LogP contribution in [0.5, 0.6) is 0 Å². The molecule has 17 heavy (non-hydrogen) atoms. The third-order valence-electron chi connectivity index (χ3n) is 2.68. The Kier molecular flexibility index (Phi) is 5.48. The average molecular weight is 258 g/mol. The second-order valence-electron chi connectivity index (χ2n) is 4.19. The number of rotatable bonds is 6. The minimum atomic E-state index is -0.144. The first-order valence-corrected chi connectivity index (χ1v) is 6.43.